The van der Waals surface area contributed by atoms with Crippen LogP contribution in [0, 0.1) is 0 Å². The third-order valence-electron chi connectivity index (χ3n) is 2.97. The van der Waals surface area contributed by atoms with Crippen molar-refractivity contribution in [1.29, 1.82) is 0 Å². The molecule has 3 rings (SSSR count). The first-order valence-electron chi connectivity index (χ1n) is 6.09. The van der Waals surface area contributed by atoms with Crippen molar-refractivity contribution in [3.05, 3.63) is 63.1 Å². The molecule has 0 aliphatic rings. The van der Waals surface area contributed by atoms with E-state index in [1.807, 2.05) is 18.2 Å². The van der Waals surface area contributed by atoms with E-state index < -0.39 is 0 Å². The van der Waals surface area contributed by atoms with Gasteiger partial charge in [-0.15, -0.1) is 5.10 Å². The Morgan fingerprint density at radius 2 is 1.62 bits per heavy atom. The third kappa shape index (κ3) is 3.18. The monoisotopic (exact) mass is 338 g/mol. The Bertz CT molecular complexity index is 768. The molecule has 0 saturated carbocycles. The first-order valence-corrected chi connectivity index (χ1v) is 7.23. The van der Waals surface area contributed by atoms with Crippen molar-refractivity contribution in [2.24, 2.45) is 0 Å². The topological polar surface area (TPSA) is 43.6 Å². The number of benzene rings is 2. The van der Waals surface area contributed by atoms with Gasteiger partial charge in [0.2, 0.25) is 0 Å². The van der Waals surface area contributed by atoms with E-state index in [-0.39, 0.29) is 0 Å². The van der Waals surface area contributed by atoms with Crippen LogP contribution in [0.2, 0.25) is 15.1 Å². The standard InChI is InChI=1S/C14H9Cl3N4/c15-11-4-1-9(2-5-11)14-18-19-20-21(14)8-10-3-6-12(16)7-13(10)17/h1-7H,8H2. The van der Waals surface area contributed by atoms with Gasteiger partial charge in [0.15, 0.2) is 5.82 Å². The highest BCUT2D eigenvalue weighted by molar-refractivity contribution is 6.35. The molecule has 21 heavy (non-hydrogen) atoms. The maximum atomic E-state index is 6.18. The van der Waals surface area contributed by atoms with Crippen LogP contribution in [0.1, 0.15) is 5.56 Å². The number of aromatic nitrogens is 4. The lowest BCUT2D eigenvalue weighted by Crippen LogP contribution is -2.05. The number of hydrogen-bond donors (Lipinski definition) is 0. The number of hydrogen-bond acceptors (Lipinski definition) is 3. The summed E-state index contributed by atoms with van der Waals surface area (Å²) in [6.07, 6.45) is 0. The van der Waals surface area contributed by atoms with Crippen LogP contribution in [0.25, 0.3) is 11.4 Å². The van der Waals surface area contributed by atoms with Gasteiger partial charge in [-0.3, -0.25) is 0 Å². The lowest BCUT2D eigenvalue weighted by Gasteiger charge is -2.07. The second-order valence-corrected chi connectivity index (χ2v) is 5.68. The predicted molar refractivity (Wildman–Crippen MR) is 83.8 cm³/mol. The van der Waals surface area contributed by atoms with E-state index in [1.54, 1.807) is 28.9 Å². The molecular weight excluding hydrogens is 331 g/mol. The summed E-state index contributed by atoms with van der Waals surface area (Å²) in [5.74, 6) is 0.651. The van der Waals surface area contributed by atoms with Crippen LogP contribution in [0.5, 0.6) is 0 Å². The molecule has 0 radical (unpaired) electrons. The maximum Gasteiger partial charge on any atom is 0.182 e. The summed E-state index contributed by atoms with van der Waals surface area (Å²) < 4.78 is 1.68. The molecule has 0 bridgehead atoms. The minimum Gasteiger partial charge on any atom is -0.221 e. The van der Waals surface area contributed by atoms with Crippen LogP contribution in [0.4, 0.5) is 0 Å². The van der Waals surface area contributed by atoms with Crippen molar-refractivity contribution < 1.29 is 0 Å². The zero-order chi connectivity index (χ0) is 14.8. The summed E-state index contributed by atoms with van der Waals surface area (Å²) >= 11 is 18.0. The van der Waals surface area contributed by atoms with E-state index in [9.17, 15) is 0 Å². The second-order valence-electron chi connectivity index (χ2n) is 4.40. The minimum atomic E-state index is 0.459. The largest absolute Gasteiger partial charge is 0.221 e. The molecule has 0 aliphatic heterocycles. The molecule has 7 heteroatoms. The molecule has 0 spiro atoms. The zero-order valence-electron chi connectivity index (χ0n) is 10.7. The van der Waals surface area contributed by atoms with Gasteiger partial charge >= 0.3 is 0 Å². The first-order chi connectivity index (χ1) is 10.1. The minimum absolute atomic E-state index is 0.459. The van der Waals surface area contributed by atoms with Gasteiger partial charge in [-0.1, -0.05) is 40.9 Å². The van der Waals surface area contributed by atoms with E-state index in [0.29, 0.717) is 27.4 Å². The molecule has 0 fully saturated rings. The number of rotatable bonds is 3. The molecule has 0 N–H and O–H groups in total. The highest BCUT2D eigenvalue weighted by Gasteiger charge is 2.11. The summed E-state index contributed by atoms with van der Waals surface area (Å²) in [6.45, 7) is 0.459. The lowest BCUT2D eigenvalue weighted by molar-refractivity contribution is 0.653. The Balaban J connectivity index is 1.94. The van der Waals surface area contributed by atoms with Gasteiger partial charge in [-0.2, -0.15) is 0 Å². The predicted octanol–water partition coefficient (Wildman–Crippen LogP) is 4.35. The summed E-state index contributed by atoms with van der Waals surface area (Å²) in [4.78, 5) is 0. The average Bonchev–Trinajstić information content (AvgIpc) is 2.91. The van der Waals surface area contributed by atoms with Crippen molar-refractivity contribution in [3.63, 3.8) is 0 Å². The average molecular weight is 340 g/mol. The Labute approximate surface area is 136 Å². The van der Waals surface area contributed by atoms with Crippen molar-refractivity contribution in [3.8, 4) is 11.4 Å². The molecule has 1 aromatic heterocycles. The van der Waals surface area contributed by atoms with Gasteiger partial charge in [0.05, 0.1) is 6.54 Å². The van der Waals surface area contributed by atoms with Crippen LogP contribution in [-0.4, -0.2) is 20.2 Å². The first kappa shape index (κ1) is 14.3. The fourth-order valence-electron chi connectivity index (χ4n) is 1.93. The van der Waals surface area contributed by atoms with Crippen LogP contribution < -0.4 is 0 Å². The summed E-state index contributed by atoms with van der Waals surface area (Å²) in [5.41, 5.74) is 1.78. The van der Waals surface area contributed by atoms with Gasteiger partial charge in [-0.05, 0) is 52.4 Å². The highest BCUT2D eigenvalue weighted by atomic mass is 35.5. The van der Waals surface area contributed by atoms with E-state index in [1.165, 1.54) is 0 Å². The molecule has 0 aliphatic carbocycles. The summed E-state index contributed by atoms with van der Waals surface area (Å²) in [6, 6.07) is 12.7. The van der Waals surface area contributed by atoms with Crippen LogP contribution in [0.15, 0.2) is 42.5 Å². The molecule has 1 heterocycles. The zero-order valence-corrected chi connectivity index (χ0v) is 12.9. The number of tetrazole rings is 1. The van der Waals surface area contributed by atoms with Crippen molar-refractivity contribution in [2.45, 2.75) is 6.54 Å². The van der Waals surface area contributed by atoms with Crippen LogP contribution in [-0.2, 0) is 6.54 Å². The Hall–Kier alpha value is -1.62. The van der Waals surface area contributed by atoms with Gasteiger partial charge in [0.25, 0.3) is 0 Å². The van der Waals surface area contributed by atoms with E-state index >= 15 is 0 Å². The number of nitrogens with zero attached hydrogens (tertiary/aromatic N) is 4. The SMILES string of the molecule is Clc1ccc(-c2nnnn2Cc2ccc(Cl)cc2Cl)cc1. The third-order valence-corrected chi connectivity index (χ3v) is 3.81. The lowest BCUT2D eigenvalue weighted by atomic mass is 10.2. The smallest absolute Gasteiger partial charge is 0.182 e. The van der Waals surface area contributed by atoms with Gasteiger partial charge in [0, 0.05) is 20.6 Å². The summed E-state index contributed by atoms with van der Waals surface area (Å²) in [5, 5.41) is 13.6. The fourth-order valence-corrected chi connectivity index (χ4v) is 2.52. The number of halogens is 3. The van der Waals surface area contributed by atoms with Crippen molar-refractivity contribution in [2.75, 3.05) is 0 Å². The van der Waals surface area contributed by atoms with Crippen molar-refractivity contribution in [1.82, 2.24) is 20.2 Å². The molecular formula is C14H9Cl3N4. The van der Waals surface area contributed by atoms with Gasteiger partial charge in [-0.25, -0.2) is 4.68 Å². The normalized spacial score (nSPS) is 10.8. The molecule has 3 aromatic rings. The van der Waals surface area contributed by atoms with Crippen molar-refractivity contribution >= 4 is 34.8 Å². The Morgan fingerprint density at radius 1 is 0.905 bits per heavy atom. The van der Waals surface area contributed by atoms with E-state index in [4.69, 9.17) is 34.8 Å². The molecule has 106 valence electrons. The molecule has 2 aromatic carbocycles. The molecule has 0 unspecified atom stereocenters. The van der Waals surface area contributed by atoms with Crippen LogP contribution >= 0.6 is 34.8 Å². The molecule has 0 amide bonds. The Morgan fingerprint density at radius 3 is 2.33 bits per heavy atom. The molecule has 0 atom stereocenters. The van der Waals surface area contributed by atoms with Gasteiger partial charge in [0.1, 0.15) is 0 Å². The molecule has 0 saturated heterocycles. The fraction of sp³-hybridized carbons (Fsp3) is 0.0714. The van der Waals surface area contributed by atoms with Gasteiger partial charge < -0.3 is 0 Å². The van der Waals surface area contributed by atoms with Crippen LogP contribution in [0.3, 0.4) is 0 Å². The second kappa shape index (κ2) is 6.02. The highest BCUT2D eigenvalue weighted by Crippen LogP contribution is 2.24. The van der Waals surface area contributed by atoms with E-state index in [0.717, 1.165) is 11.1 Å². The summed E-state index contributed by atoms with van der Waals surface area (Å²) in [7, 11) is 0. The maximum absolute atomic E-state index is 6.18. The Kier molecular flexibility index (Phi) is 4.10. The molecule has 4 nitrogen and oxygen atoms in total. The quantitative estimate of drug-likeness (QED) is 0.712. The van der Waals surface area contributed by atoms with E-state index in [2.05, 4.69) is 15.5 Å².